The summed E-state index contributed by atoms with van der Waals surface area (Å²) in [5.41, 5.74) is -0.588. The number of carbonyl (C=O) groups excluding carboxylic acids is 3. The third kappa shape index (κ3) is 6.67. The van der Waals surface area contributed by atoms with Crippen LogP contribution in [-0.2, 0) is 16.0 Å². The molecule has 2 aliphatic rings. The van der Waals surface area contributed by atoms with Crippen LogP contribution in [0, 0.1) is 16.0 Å². The van der Waals surface area contributed by atoms with Gasteiger partial charge in [0, 0.05) is 24.9 Å². The Morgan fingerprint density at radius 3 is 2.47 bits per heavy atom. The second-order valence-electron chi connectivity index (χ2n) is 9.76. The van der Waals surface area contributed by atoms with E-state index in [2.05, 4.69) is 9.72 Å². The van der Waals surface area contributed by atoms with Crippen LogP contribution in [0.2, 0.25) is 10.0 Å². The summed E-state index contributed by atoms with van der Waals surface area (Å²) in [6, 6.07) is 7.58. The summed E-state index contributed by atoms with van der Waals surface area (Å²) in [6.45, 7) is -3.72. The predicted molar refractivity (Wildman–Crippen MR) is 147 cm³/mol. The molecule has 0 saturated heterocycles. The predicted octanol–water partition coefficient (Wildman–Crippen LogP) is 5.81. The Kier molecular flexibility index (Phi) is 8.74. The van der Waals surface area contributed by atoms with Crippen molar-refractivity contribution >= 4 is 46.7 Å². The second-order valence-corrected chi connectivity index (χ2v) is 10.6. The van der Waals surface area contributed by atoms with Crippen LogP contribution in [0.25, 0.3) is 0 Å². The lowest BCUT2D eigenvalue weighted by molar-refractivity contribution is -0.385. The van der Waals surface area contributed by atoms with Gasteiger partial charge in [-0.25, -0.2) is 0 Å². The number of hydrogen-bond donors (Lipinski definition) is 0. The Bertz CT molecular complexity index is 1600. The van der Waals surface area contributed by atoms with Crippen LogP contribution in [0.5, 0.6) is 11.5 Å². The standard InChI is InChI=1S/C28H21Cl2F2N3O8/c29-18-10-33-11-19(30)17(18)9-22(15-6-7-21(43-28(31)32)23(8-15)41-13-14-4-5-14)42-24(36)12-34-26(37)16-2-1-3-20(35(39)40)25(16)27(34)38/h1-3,6-8,10-11,14,22,28H,4-5,9,12-13H2/t22-/m0/s1. The summed E-state index contributed by atoms with van der Waals surface area (Å²) in [5.74, 6) is -2.92. The summed E-state index contributed by atoms with van der Waals surface area (Å²) in [6.07, 6.45) is 3.25. The minimum absolute atomic E-state index is 0.00895. The summed E-state index contributed by atoms with van der Waals surface area (Å²) in [5, 5.41) is 11.7. The third-order valence-corrected chi connectivity index (χ3v) is 7.46. The van der Waals surface area contributed by atoms with Crippen molar-refractivity contribution < 1.29 is 42.3 Å². The topological polar surface area (TPSA) is 138 Å². The molecule has 1 atom stereocenters. The zero-order valence-corrected chi connectivity index (χ0v) is 23.5. The number of fused-ring (bicyclic) bond motifs is 1. The van der Waals surface area contributed by atoms with Gasteiger partial charge in [0.1, 0.15) is 18.2 Å². The van der Waals surface area contributed by atoms with Crippen LogP contribution >= 0.6 is 23.2 Å². The molecule has 3 aromatic rings. The number of hydrogen-bond acceptors (Lipinski definition) is 9. The zero-order chi connectivity index (χ0) is 30.8. The summed E-state index contributed by atoms with van der Waals surface area (Å²) in [7, 11) is 0. The highest BCUT2D eigenvalue weighted by Crippen LogP contribution is 2.38. The van der Waals surface area contributed by atoms with Crippen LogP contribution in [0.3, 0.4) is 0 Å². The highest BCUT2D eigenvalue weighted by atomic mass is 35.5. The fraction of sp³-hybridized carbons (Fsp3) is 0.286. The summed E-state index contributed by atoms with van der Waals surface area (Å²) >= 11 is 12.6. The molecule has 5 rings (SSSR count). The van der Waals surface area contributed by atoms with Gasteiger partial charge >= 0.3 is 12.6 Å². The Morgan fingerprint density at radius 1 is 1.09 bits per heavy atom. The number of rotatable bonds is 12. The van der Waals surface area contributed by atoms with Gasteiger partial charge in [0.2, 0.25) is 0 Å². The van der Waals surface area contributed by atoms with Crippen molar-refractivity contribution in [1.29, 1.82) is 0 Å². The number of nitro benzene ring substituents is 1. The highest BCUT2D eigenvalue weighted by molar-refractivity contribution is 6.35. The number of aromatic nitrogens is 1. The number of benzene rings is 2. The van der Waals surface area contributed by atoms with E-state index in [1.54, 1.807) is 0 Å². The lowest BCUT2D eigenvalue weighted by atomic mass is 10.0. The molecule has 224 valence electrons. The van der Waals surface area contributed by atoms with Crippen molar-refractivity contribution in [2.24, 2.45) is 5.92 Å². The van der Waals surface area contributed by atoms with Gasteiger partial charge in [0.15, 0.2) is 11.5 Å². The molecule has 43 heavy (non-hydrogen) atoms. The molecule has 0 radical (unpaired) electrons. The van der Waals surface area contributed by atoms with E-state index in [1.807, 2.05) is 0 Å². The third-order valence-electron chi connectivity index (χ3n) is 6.80. The van der Waals surface area contributed by atoms with E-state index >= 15 is 0 Å². The molecule has 2 heterocycles. The average Bonchev–Trinajstić information content (AvgIpc) is 3.76. The fourth-order valence-corrected chi connectivity index (χ4v) is 5.02. The van der Waals surface area contributed by atoms with E-state index in [-0.39, 0.29) is 51.6 Å². The van der Waals surface area contributed by atoms with Gasteiger partial charge in [-0.05, 0) is 48.1 Å². The molecule has 0 unspecified atom stereocenters. The molecule has 0 spiro atoms. The minimum Gasteiger partial charge on any atom is -0.489 e. The number of halogens is 4. The van der Waals surface area contributed by atoms with E-state index in [4.69, 9.17) is 32.7 Å². The van der Waals surface area contributed by atoms with Crippen LogP contribution < -0.4 is 9.47 Å². The SMILES string of the molecule is O=C(CN1C(=O)c2cccc([N+](=O)[O-])c2C1=O)O[C@@H](Cc1c(Cl)cncc1Cl)c1ccc(OC(F)F)c(OCC2CC2)c1. The molecule has 1 aliphatic heterocycles. The van der Waals surface area contributed by atoms with Crippen molar-refractivity contribution in [3.63, 3.8) is 0 Å². The van der Waals surface area contributed by atoms with Gasteiger partial charge in [-0.15, -0.1) is 0 Å². The summed E-state index contributed by atoms with van der Waals surface area (Å²) < 4.78 is 42.2. The molecule has 1 fully saturated rings. The number of alkyl halides is 2. The molecule has 11 nitrogen and oxygen atoms in total. The maximum atomic E-state index is 13.2. The first-order chi connectivity index (χ1) is 20.5. The highest BCUT2D eigenvalue weighted by Gasteiger charge is 2.42. The number of ether oxygens (including phenoxy) is 3. The Balaban J connectivity index is 1.43. The molecule has 15 heteroatoms. The number of pyridine rings is 1. The minimum atomic E-state index is -3.12. The molecule has 2 aromatic carbocycles. The van der Waals surface area contributed by atoms with Gasteiger partial charge in [0.25, 0.3) is 17.5 Å². The van der Waals surface area contributed by atoms with Crippen LogP contribution in [0.4, 0.5) is 14.5 Å². The number of imide groups is 1. The van der Waals surface area contributed by atoms with Gasteiger partial charge in [-0.1, -0.05) is 35.3 Å². The smallest absolute Gasteiger partial charge is 0.387 e. The molecule has 0 bridgehead atoms. The molecule has 1 aliphatic carbocycles. The number of nitro groups is 1. The lowest BCUT2D eigenvalue weighted by Crippen LogP contribution is -2.36. The second kappa shape index (κ2) is 12.5. The molecular formula is C28H21Cl2F2N3O8. The van der Waals surface area contributed by atoms with Gasteiger partial charge < -0.3 is 14.2 Å². The van der Waals surface area contributed by atoms with Crippen molar-refractivity contribution in [2.75, 3.05) is 13.2 Å². The van der Waals surface area contributed by atoms with E-state index in [0.717, 1.165) is 18.9 Å². The van der Waals surface area contributed by atoms with Gasteiger partial charge in [0.05, 0.1) is 27.1 Å². The molecule has 2 amide bonds. The van der Waals surface area contributed by atoms with Crippen molar-refractivity contribution in [3.05, 3.63) is 91.2 Å². The van der Waals surface area contributed by atoms with Crippen molar-refractivity contribution in [1.82, 2.24) is 9.88 Å². The average molecular weight is 636 g/mol. The quantitative estimate of drug-likeness (QED) is 0.104. The maximum absolute atomic E-state index is 13.2. The van der Waals surface area contributed by atoms with E-state index < -0.39 is 53.2 Å². The van der Waals surface area contributed by atoms with Crippen LogP contribution in [-0.4, -0.2) is 52.4 Å². The van der Waals surface area contributed by atoms with Crippen LogP contribution in [0.15, 0.2) is 48.8 Å². The Labute approximate surface area is 252 Å². The van der Waals surface area contributed by atoms with Gasteiger partial charge in [-0.2, -0.15) is 8.78 Å². The van der Waals surface area contributed by atoms with E-state index in [9.17, 15) is 33.3 Å². The molecular weight excluding hydrogens is 615 g/mol. The number of carbonyl (C=O) groups is 3. The largest absolute Gasteiger partial charge is 0.489 e. The van der Waals surface area contributed by atoms with Crippen LogP contribution in [0.1, 0.15) is 50.8 Å². The fourth-order valence-electron chi connectivity index (χ4n) is 4.51. The Hall–Kier alpha value is -4.36. The van der Waals surface area contributed by atoms with Crippen molar-refractivity contribution in [2.45, 2.75) is 32.0 Å². The molecule has 0 N–H and O–H groups in total. The molecule has 1 aromatic heterocycles. The first-order valence-corrected chi connectivity index (χ1v) is 13.6. The van der Waals surface area contributed by atoms with E-state index in [1.165, 1.54) is 42.7 Å². The molecule has 1 saturated carbocycles. The van der Waals surface area contributed by atoms with Crippen molar-refractivity contribution in [3.8, 4) is 11.5 Å². The van der Waals surface area contributed by atoms with Gasteiger partial charge in [-0.3, -0.25) is 34.4 Å². The number of esters is 1. The normalized spacial score (nSPS) is 15.0. The number of nitrogens with zero attached hydrogens (tertiary/aromatic N) is 3. The van der Waals surface area contributed by atoms with E-state index in [0.29, 0.717) is 10.5 Å². The number of amides is 2. The lowest BCUT2D eigenvalue weighted by Gasteiger charge is -2.22. The Morgan fingerprint density at radius 2 is 1.81 bits per heavy atom. The summed E-state index contributed by atoms with van der Waals surface area (Å²) in [4.78, 5) is 54.1. The zero-order valence-electron chi connectivity index (χ0n) is 22.0. The maximum Gasteiger partial charge on any atom is 0.387 e. The first-order valence-electron chi connectivity index (χ1n) is 12.9. The monoisotopic (exact) mass is 635 g/mol. The first kappa shape index (κ1) is 30.1.